The monoisotopic (exact) mass is 230 g/mol. The topological polar surface area (TPSA) is 33.6 Å². The maximum absolute atomic E-state index is 5.34. The Hall–Kier alpha value is -0.220. The minimum atomic E-state index is -0.129. The molecule has 1 aliphatic rings. The molecule has 0 aliphatic carbocycles. The molecule has 88 valence electrons. The van der Waals surface area contributed by atoms with Gasteiger partial charge in [-0.1, -0.05) is 25.6 Å². The van der Waals surface area contributed by atoms with Crippen LogP contribution in [-0.4, -0.2) is 36.7 Å². The summed E-state index contributed by atoms with van der Waals surface area (Å²) in [5.74, 6) is 1.13. The summed E-state index contributed by atoms with van der Waals surface area (Å²) in [6.45, 7) is 10.3. The van der Waals surface area contributed by atoms with Crippen molar-refractivity contribution >= 4 is 16.9 Å². The van der Waals surface area contributed by atoms with Crippen LogP contribution >= 0.6 is 11.8 Å². The number of ether oxygens (including phenoxy) is 1. The van der Waals surface area contributed by atoms with Crippen LogP contribution in [0.1, 0.15) is 27.7 Å². The van der Waals surface area contributed by atoms with E-state index >= 15 is 0 Å². The van der Waals surface area contributed by atoms with Gasteiger partial charge in [0.15, 0.2) is 5.17 Å². The van der Waals surface area contributed by atoms with Crippen LogP contribution in [0.5, 0.6) is 0 Å². The van der Waals surface area contributed by atoms with Gasteiger partial charge in [-0.05, 0) is 19.3 Å². The first-order chi connectivity index (χ1) is 6.85. The number of hydrogen-bond acceptors (Lipinski definition) is 4. The largest absolute Gasteiger partial charge is 0.377 e. The molecular formula is C11H22N2OS. The van der Waals surface area contributed by atoms with Gasteiger partial charge in [-0.15, -0.1) is 0 Å². The second-order valence-corrected chi connectivity index (χ2v) is 6.36. The van der Waals surface area contributed by atoms with Gasteiger partial charge >= 0.3 is 0 Å². The van der Waals surface area contributed by atoms with Gasteiger partial charge in [-0.25, -0.2) is 0 Å². The van der Waals surface area contributed by atoms with Gasteiger partial charge in [0, 0.05) is 26.0 Å². The molecule has 0 radical (unpaired) electrons. The highest BCUT2D eigenvalue weighted by Gasteiger charge is 2.24. The highest BCUT2D eigenvalue weighted by Crippen LogP contribution is 2.27. The first-order valence-corrected chi connectivity index (χ1v) is 6.29. The van der Waals surface area contributed by atoms with E-state index in [1.807, 2.05) is 0 Å². The molecule has 1 heterocycles. The Morgan fingerprint density at radius 1 is 1.53 bits per heavy atom. The normalized spacial score (nSPS) is 21.0. The third kappa shape index (κ3) is 4.43. The van der Waals surface area contributed by atoms with Crippen LogP contribution in [0.15, 0.2) is 4.99 Å². The lowest BCUT2D eigenvalue weighted by atomic mass is 9.97. The molecule has 1 aliphatic heterocycles. The van der Waals surface area contributed by atoms with Crippen molar-refractivity contribution in [2.24, 2.45) is 10.4 Å². The fourth-order valence-corrected chi connectivity index (χ4v) is 2.06. The molecule has 0 aromatic carbocycles. The van der Waals surface area contributed by atoms with Gasteiger partial charge in [0.1, 0.15) is 0 Å². The zero-order valence-corrected chi connectivity index (χ0v) is 11.2. The van der Waals surface area contributed by atoms with E-state index in [0.717, 1.165) is 24.0 Å². The molecule has 0 spiro atoms. The lowest BCUT2D eigenvalue weighted by Gasteiger charge is -2.29. The standard InChI is InChI=1S/C11H22N2OS/c1-10(2)6-12-9(15-8-10)13-7-11(3,4)14-5/h6-8H2,1-5H3,(H,12,13). The van der Waals surface area contributed by atoms with Crippen molar-refractivity contribution < 1.29 is 4.74 Å². The van der Waals surface area contributed by atoms with Gasteiger partial charge in [0.05, 0.1) is 5.60 Å². The van der Waals surface area contributed by atoms with Gasteiger partial charge in [-0.2, -0.15) is 0 Å². The summed E-state index contributed by atoms with van der Waals surface area (Å²) < 4.78 is 5.34. The Morgan fingerprint density at radius 2 is 2.20 bits per heavy atom. The Labute approximate surface area is 97.1 Å². The smallest absolute Gasteiger partial charge is 0.156 e. The maximum atomic E-state index is 5.34. The number of aliphatic imine (C=N–C) groups is 1. The molecule has 0 unspecified atom stereocenters. The van der Waals surface area contributed by atoms with Crippen LogP contribution in [-0.2, 0) is 4.74 Å². The van der Waals surface area contributed by atoms with Crippen LogP contribution in [0.4, 0.5) is 0 Å². The van der Waals surface area contributed by atoms with Crippen molar-refractivity contribution in [3.8, 4) is 0 Å². The number of amidine groups is 1. The number of rotatable bonds is 3. The van der Waals surface area contributed by atoms with Gasteiger partial charge in [0.2, 0.25) is 0 Å². The van der Waals surface area contributed by atoms with Gasteiger partial charge in [0.25, 0.3) is 0 Å². The van der Waals surface area contributed by atoms with Gasteiger partial charge < -0.3 is 10.1 Å². The minimum Gasteiger partial charge on any atom is -0.377 e. The fourth-order valence-electron chi connectivity index (χ4n) is 1.11. The predicted octanol–water partition coefficient (Wildman–Crippen LogP) is 2.13. The lowest BCUT2D eigenvalue weighted by molar-refractivity contribution is 0.0271. The Balaban J connectivity index is 2.39. The van der Waals surface area contributed by atoms with E-state index in [4.69, 9.17) is 4.74 Å². The number of nitrogens with zero attached hydrogens (tertiary/aromatic N) is 1. The molecule has 0 saturated carbocycles. The second-order valence-electron chi connectivity index (χ2n) is 5.39. The van der Waals surface area contributed by atoms with Crippen LogP contribution < -0.4 is 5.32 Å². The van der Waals surface area contributed by atoms with Crippen LogP contribution in [0.2, 0.25) is 0 Å². The second kappa shape index (κ2) is 4.74. The summed E-state index contributed by atoms with van der Waals surface area (Å²) >= 11 is 1.80. The Morgan fingerprint density at radius 3 is 2.67 bits per heavy atom. The van der Waals surface area contributed by atoms with E-state index in [9.17, 15) is 0 Å². The molecular weight excluding hydrogens is 208 g/mol. The summed E-state index contributed by atoms with van der Waals surface area (Å²) in [6, 6.07) is 0. The van der Waals surface area contributed by atoms with Crippen molar-refractivity contribution in [3.63, 3.8) is 0 Å². The van der Waals surface area contributed by atoms with Gasteiger partial charge in [-0.3, -0.25) is 4.99 Å². The van der Waals surface area contributed by atoms with Crippen molar-refractivity contribution in [3.05, 3.63) is 0 Å². The molecule has 1 rings (SSSR count). The number of nitrogens with one attached hydrogen (secondary N) is 1. The fraction of sp³-hybridized carbons (Fsp3) is 0.909. The molecule has 0 aromatic heterocycles. The number of hydrogen-bond donors (Lipinski definition) is 1. The van der Waals surface area contributed by atoms with Crippen molar-refractivity contribution in [1.82, 2.24) is 5.32 Å². The summed E-state index contributed by atoms with van der Waals surface area (Å²) in [4.78, 5) is 4.53. The molecule has 4 heteroatoms. The van der Waals surface area contributed by atoms with Crippen molar-refractivity contribution in [2.75, 3.05) is 26.0 Å². The van der Waals surface area contributed by atoms with E-state index in [2.05, 4.69) is 38.0 Å². The summed E-state index contributed by atoms with van der Waals surface area (Å²) in [5, 5.41) is 4.39. The summed E-state index contributed by atoms with van der Waals surface area (Å²) in [5.41, 5.74) is 0.211. The van der Waals surface area contributed by atoms with E-state index in [1.165, 1.54) is 0 Å². The molecule has 3 nitrogen and oxygen atoms in total. The number of methoxy groups -OCH3 is 1. The van der Waals surface area contributed by atoms with E-state index in [0.29, 0.717) is 5.41 Å². The number of thioether (sulfide) groups is 1. The minimum absolute atomic E-state index is 0.129. The summed E-state index contributed by atoms with van der Waals surface area (Å²) in [7, 11) is 1.74. The maximum Gasteiger partial charge on any atom is 0.156 e. The third-order valence-electron chi connectivity index (χ3n) is 2.47. The zero-order chi connectivity index (χ0) is 11.5. The Bertz CT molecular complexity index is 249. The molecule has 1 N–H and O–H groups in total. The molecule has 0 amide bonds. The highest BCUT2D eigenvalue weighted by atomic mass is 32.2. The average Bonchev–Trinajstić information content (AvgIpc) is 2.16. The lowest BCUT2D eigenvalue weighted by Crippen LogP contribution is -2.40. The first-order valence-electron chi connectivity index (χ1n) is 5.31. The average molecular weight is 230 g/mol. The predicted molar refractivity (Wildman–Crippen MR) is 67.6 cm³/mol. The first kappa shape index (κ1) is 12.8. The molecule has 15 heavy (non-hydrogen) atoms. The van der Waals surface area contributed by atoms with Crippen LogP contribution in [0.25, 0.3) is 0 Å². The highest BCUT2D eigenvalue weighted by molar-refractivity contribution is 8.13. The molecule has 0 saturated heterocycles. The molecule has 0 atom stereocenters. The zero-order valence-electron chi connectivity index (χ0n) is 10.4. The van der Waals surface area contributed by atoms with E-state index < -0.39 is 0 Å². The Kier molecular flexibility index (Phi) is 4.06. The summed E-state index contributed by atoms with van der Waals surface area (Å²) in [6.07, 6.45) is 0. The third-order valence-corrected chi connectivity index (χ3v) is 3.94. The molecule has 0 aromatic rings. The van der Waals surface area contributed by atoms with Crippen molar-refractivity contribution in [1.29, 1.82) is 0 Å². The van der Waals surface area contributed by atoms with E-state index in [-0.39, 0.29) is 5.60 Å². The van der Waals surface area contributed by atoms with Crippen LogP contribution in [0, 0.1) is 5.41 Å². The van der Waals surface area contributed by atoms with E-state index in [1.54, 1.807) is 18.9 Å². The SMILES string of the molecule is COC(C)(C)CNC1=NCC(C)(C)CS1. The molecule has 0 bridgehead atoms. The van der Waals surface area contributed by atoms with Crippen molar-refractivity contribution in [2.45, 2.75) is 33.3 Å². The van der Waals surface area contributed by atoms with Crippen LogP contribution in [0.3, 0.4) is 0 Å². The molecule has 0 fully saturated rings. The quantitative estimate of drug-likeness (QED) is 0.806.